The molecule has 1 aromatic heterocycles. The van der Waals surface area contributed by atoms with E-state index < -0.39 is 0 Å². The Morgan fingerprint density at radius 3 is 2.67 bits per heavy atom. The van der Waals surface area contributed by atoms with Gasteiger partial charge in [-0.3, -0.25) is 16.1 Å². The van der Waals surface area contributed by atoms with E-state index in [9.17, 15) is 0 Å². The van der Waals surface area contributed by atoms with Gasteiger partial charge in [0.15, 0.2) is 0 Å². The van der Waals surface area contributed by atoms with Crippen LogP contribution in [0.5, 0.6) is 0 Å². The van der Waals surface area contributed by atoms with Gasteiger partial charge in [0.1, 0.15) is 11.7 Å². The zero-order chi connectivity index (χ0) is 21.1. The largest absolute Gasteiger partial charge is 0.384 e. The smallest absolute Gasteiger partial charge is 0.149 e. The third kappa shape index (κ3) is 4.20. The van der Waals surface area contributed by atoms with Crippen molar-refractivity contribution in [2.45, 2.75) is 0 Å². The summed E-state index contributed by atoms with van der Waals surface area (Å²) >= 11 is 0. The number of likely N-dealkylation sites (N-methyl/N-ethyl adjacent to an activating group) is 1. The van der Waals surface area contributed by atoms with Gasteiger partial charge in [0.25, 0.3) is 0 Å². The third-order valence-corrected chi connectivity index (χ3v) is 5.29. The van der Waals surface area contributed by atoms with Crippen LogP contribution in [0.15, 0.2) is 48.5 Å². The van der Waals surface area contributed by atoms with E-state index in [1.165, 1.54) is 0 Å². The minimum Gasteiger partial charge on any atom is -0.384 e. The first kappa shape index (κ1) is 19.7. The van der Waals surface area contributed by atoms with Gasteiger partial charge >= 0.3 is 0 Å². The Hall–Kier alpha value is -3.60. The van der Waals surface area contributed by atoms with Crippen LogP contribution in [0.3, 0.4) is 0 Å². The zero-order valence-corrected chi connectivity index (χ0v) is 16.8. The molecule has 2 heterocycles. The maximum absolute atomic E-state index is 8.95. The van der Waals surface area contributed by atoms with E-state index in [4.69, 9.17) is 16.4 Å². The molecule has 3 aromatic rings. The molecule has 0 saturated carbocycles. The predicted molar refractivity (Wildman–Crippen MR) is 120 cm³/mol. The van der Waals surface area contributed by atoms with E-state index in [0.717, 1.165) is 53.9 Å². The van der Waals surface area contributed by atoms with Crippen molar-refractivity contribution >= 4 is 28.2 Å². The lowest BCUT2D eigenvalue weighted by Gasteiger charge is -2.34. The van der Waals surface area contributed by atoms with E-state index in [-0.39, 0.29) is 5.84 Å². The number of benzene rings is 2. The number of amidine groups is 1. The summed E-state index contributed by atoms with van der Waals surface area (Å²) in [6.45, 7) is 4.06. The molecule has 0 spiro atoms. The van der Waals surface area contributed by atoms with Crippen molar-refractivity contribution in [3.8, 4) is 11.8 Å². The van der Waals surface area contributed by atoms with E-state index in [0.29, 0.717) is 11.4 Å². The van der Waals surface area contributed by atoms with Crippen LogP contribution in [0.2, 0.25) is 0 Å². The lowest BCUT2D eigenvalue weighted by atomic mass is 10.1. The number of nitrogen functional groups attached to an aromatic ring is 1. The van der Waals surface area contributed by atoms with Crippen LogP contribution < -0.4 is 16.1 Å². The predicted octanol–water partition coefficient (Wildman–Crippen LogP) is 2.27. The van der Waals surface area contributed by atoms with Crippen molar-refractivity contribution in [1.82, 2.24) is 15.4 Å². The molecule has 2 aromatic carbocycles. The van der Waals surface area contributed by atoms with Crippen molar-refractivity contribution in [1.29, 1.82) is 5.41 Å². The van der Waals surface area contributed by atoms with Crippen molar-refractivity contribution in [3.05, 3.63) is 65.2 Å². The molecule has 30 heavy (non-hydrogen) atoms. The van der Waals surface area contributed by atoms with Crippen molar-refractivity contribution in [2.75, 3.05) is 43.9 Å². The number of anilines is 2. The van der Waals surface area contributed by atoms with Crippen LogP contribution in [0, 0.1) is 17.3 Å². The number of hydrogen-bond acceptors (Lipinski definition) is 6. The maximum Gasteiger partial charge on any atom is 0.149 e. The number of nitrogens with zero attached hydrogens (tertiary/aromatic N) is 3. The molecule has 0 radical (unpaired) electrons. The highest BCUT2D eigenvalue weighted by Gasteiger charge is 2.15. The first-order chi connectivity index (χ1) is 14.5. The lowest BCUT2D eigenvalue weighted by molar-refractivity contribution is 0.234. The lowest BCUT2D eigenvalue weighted by Crippen LogP contribution is -2.44. The van der Waals surface area contributed by atoms with Gasteiger partial charge in [-0.2, -0.15) is 0 Å². The average Bonchev–Trinajstić information content (AvgIpc) is 2.77. The molecule has 0 aliphatic carbocycles. The molecule has 1 aliphatic heterocycles. The van der Waals surface area contributed by atoms with Crippen molar-refractivity contribution in [3.63, 3.8) is 0 Å². The highest BCUT2D eigenvalue weighted by atomic mass is 16.5. The Bertz CT molecular complexity index is 1160. The number of hydroxylamine groups is 1. The molecule has 1 fully saturated rings. The molecule has 5 N–H and O–H groups in total. The van der Waals surface area contributed by atoms with Gasteiger partial charge in [-0.05, 0) is 43.4 Å². The second-order valence-electron chi connectivity index (χ2n) is 7.40. The highest BCUT2D eigenvalue weighted by molar-refractivity contribution is 5.95. The van der Waals surface area contributed by atoms with E-state index >= 15 is 0 Å². The first-order valence-electron chi connectivity index (χ1n) is 9.78. The van der Waals surface area contributed by atoms with Crippen LogP contribution in [0.4, 0.5) is 11.5 Å². The number of hydrogen-bond donors (Lipinski definition) is 4. The van der Waals surface area contributed by atoms with Gasteiger partial charge in [-0.25, -0.2) is 4.98 Å². The number of nitrogens with one attached hydrogen (secondary N) is 2. The summed E-state index contributed by atoms with van der Waals surface area (Å²) in [7, 11) is 2.14. The molecule has 7 nitrogen and oxygen atoms in total. The molecule has 0 amide bonds. The molecule has 1 aliphatic rings. The van der Waals surface area contributed by atoms with Gasteiger partial charge in [0.05, 0.1) is 5.52 Å². The van der Waals surface area contributed by atoms with Gasteiger partial charge in [-0.1, -0.05) is 24.0 Å². The number of fused-ring (bicyclic) bond motifs is 1. The maximum atomic E-state index is 8.95. The molecule has 0 unspecified atom stereocenters. The van der Waals surface area contributed by atoms with E-state index in [1.807, 2.05) is 17.6 Å². The normalized spacial score (nSPS) is 14.3. The highest BCUT2D eigenvalue weighted by Crippen LogP contribution is 2.26. The van der Waals surface area contributed by atoms with Gasteiger partial charge in [0.2, 0.25) is 0 Å². The Morgan fingerprint density at radius 1 is 1.10 bits per heavy atom. The number of pyridine rings is 1. The molecule has 1 saturated heterocycles. The molecule has 7 heteroatoms. The SMILES string of the molecule is CN1CCN(c2ccc3nc(N)cc(C#Cc4cccc(C(=N)NO)c4)c3c2)CC1. The molecular formula is C23H24N6O. The average molecular weight is 400 g/mol. The fourth-order valence-corrected chi connectivity index (χ4v) is 3.56. The number of aromatic nitrogens is 1. The summed E-state index contributed by atoms with van der Waals surface area (Å²) in [6, 6.07) is 15.2. The zero-order valence-electron chi connectivity index (χ0n) is 16.8. The third-order valence-electron chi connectivity index (χ3n) is 5.29. The molecule has 4 rings (SSSR count). The van der Waals surface area contributed by atoms with Crippen LogP contribution in [-0.4, -0.2) is 54.2 Å². The Balaban J connectivity index is 1.71. The summed E-state index contributed by atoms with van der Waals surface area (Å²) in [5.41, 5.74) is 12.0. The first-order valence-corrected chi connectivity index (χ1v) is 9.78. The molecular weight excluding hydrogens is 376 g/mol. The Morgan fingerprint density at radius 2 is 1.90 bits per heavy atom. The summed E-state index contributed by atoms with van der Waals surface area (Å²) < 4.78 is 0. The van der Waals surface area contributed by atoms with E-state index in [1.54, 1.807) is 24.3 Å². The quantitative estimate of drug-likeness (QED) is 0.228. The summed E-state index contributed by atoms with van der Waals surface area (Å²) in [5.74, 6) is 6.72. The number of rotatable bonds is 2. The molecule has 0 bridgehead atoms. The second-order valence-corrected chi connectivity index (χ2v) is 7.40. The second kappa shape index (κ2) is 8.41. The topological polar surface area (TPSA) is 102 Å². The number of nitrogens with two attached hydrogens (primary N) is 1. The van der Waals surface area contributed by atoms with Crippen LogP contribution >= 0.6 is 0 Å². The molecule has 0 atom stereocenters. The Kier molecular flexibility index (Phi) is 5.53. The van der Waals surface area contributed by atoms with Gasteiger partial charge in [-0.15, -0.1) is 0 Å². The van der Waals surface area contributed by atoms with Crippen LogP contribution in [0.25, 0.3) is 10.9 Å². The van der Waals surface area contributed by atoms with Crippen LogP contribution in [0.1, 0.15) is 16.7 Å². The number of piperazine rings is 1. The van der Waals surface area contributed by atoms with E-state index in [2.05, 4.69) is 45.8 Å². The summed E-state index contributed by atoms with van der Waals surface area (Å²) in [5, 5.41) is 17.6. The fourth-order valence-electron chi connectivity index (χ4n) is 3.56. The summed E-state index contributed by atoms with van der Waals surface area (Å²) in [4.78, 5) is 9.17. The minimum atomic E-state index is -0.0749. The molecule has 152 valence electrons. The summed E-state index contributed by atoms with van der Waals surface area (Å²) in [6.07, 6.45) is 0. The van der Waals surface area contributed by atoms with Gasteiger partial charge in [0, 0.05) is 53.9 Å². The van der Waals surface area contributed by atoms with Gasteiger partial charge < -0.3 is 15.5 Å². The van der Waals surface area contributed by atoms with Crippen molar-refractivity contribution in [2.24, 2.45) is 0 Å². The van der Waals surface area contributed by atoms with Crippen molar-refractivity contribution < 1.29 is 5.21 Å². The standard InChI is InChI=1S/C23H24N6O/c1-28-9-11-29(12-10-28)19-7-8-21-20(15-19)17(14-22(24)26-21)6-5-16-3-2-4-18(13-16)23(25)27-30/h2-4,7-8,13-15,30H,9-12H2,1H3,(H2,24,26)(H2,25,27). The Labute approximate surface area is 175 Å². The minimum absolute atomic E-state index is 0.0749. The fraction of sp³-hybridized carbons (Fsp3) is 0.217. The monoisotopic (exact) mass is 400 g/mol. The van der Waals surface area contributed by atoms with Crippen LogP contribution in [-0.2, 0) is 0 Å².